The summed E-state index contributed by atoms with van der Waals surface area (Å²) in [5.41, 5.74) is 3.65. The maximum Gasteiger partial charge on any atom is 0.573 e. The van der Waals surface area contributed by atoms with E-state index in [1.165, 1.54) is 57.1 Å². The van der Waals surface area contributed by atoms with Crippen molar-refractivity contribution in [3.8, 4) is 16.9 Å². The molecule has 0 saturated heterocycles. The van der Waals surface area contributed by atoms with Gasteiger partial charge in [0.05, 0.1) is 0 Å². The van der Waals surface area contributed by atoms with Gasteiger partial charge in [-0.3, -0.25) is 9.59 Å². The van der Waals surface area contributed by atoms with Crippen molar-refractivity contribution in [3.05, 3.63) is 88.5 Å². The number of amides is 2. The van der Waals surface area contributed by atoms with Gasteiger partial charge in [0.1, 0.15) is 5.75 Å². The summed E-state index contributed by atoms with van der Waals surface area (Å²) in [6.07, 6.45) is 6.77. The molecule has 1 atom stereocenters. The maximum atomic E-state index is 13.6. The molecule has 0 radical (unpaired) electrons. The molecule has 0 saturated carbocycles. The number of rotatable bonds is 17. The molecule has 3 N–H and O–H groups in total. The quantitative estimate of drug-likeness (QED) is 0.0801. The van der Waals surface area contributed by atoms with E-state index in [2.05, 4.69) is 22.3 Å². The van der Waals surface area contributed by atoms with E-state index in [0.29, 0.717) is 23.2 Å². The second kappa shape index (κ2) is 16.3. The number of nitrogens with one attached hydrogen (secondary N) is 2. The highest BCUT2D eigenvalue weighted by atomic mass is 19.4. The standard InChI is InChI=1S/C36H41F3N2O5/c1-2-3-4-5-6-7-8-9-10-14-21-40-33(42)32-28-20-19-26(25-15-12-11-13-16-25)31(32)30(28)27-18-17-24(23-41-34(43)35(44)45)22-29(27)46-36(37,38)39/h11-13,15-20,22,30H,2-10,14,21,23H2,1H3,(H,40,42)(H,41,43)(H,44,45). The van der Waals surface area contributed by atoms with Crippen LogP contribution in [0.1, 0.15) is 110 Å². The largest absolute Gasteiger partial charge is 0.573 e. The van der Waals surface area contributed by atoms with E-state index >= 15 is 0 Å². The SMILES string of the molecule is CCCCCCCCCCCCNC(=O)c1c2ccc(-c3ccccc3)c1C2c1ccc(CNC(=O)C(=O)O)cc1OC(F)(F)F. The monoisotopic (exact) mass is 638 g/mol. The molecule has 0 aliphatic heterocycles. The summed E-state index contributed by atoms with van der Waals surface area (Å²) in [4.78, 5) is 35.8. The Balaban J connectivity index is 1.51. The van der Waals surface area contributed by atoms with Crippen LogP contribution in [0.25, 0.3) is 11.1 Å². The predicted molar refractivity (Wildman–Crippen MR) is 170 cm³/mol. The van der Waals surface area contributed by atoms with Gasteiger partial charge >= 0.3 is 18.2 Å². The second-order valence-corrected chi connectivity index (χ2v) is 11.6. The molecular weight excluding hydrogens is 597 g/mol. The summed E-state index contributed by atoms with van der Waals surface area (Å²) < 4.78 is 45.1. The van der Waals surface area contributed by atoms with Gasteiger partial charge in [0.25, 0.3) is 5.91 Å². The van der Waals surface area contributed by atoms with Gasteiger partial charge in [-0.25, -0.2) is 4.79 Å². The van der Waals surface area contributed by atoms with Gasteiger partial charge in [0, 0.05) is 30.1 Å². The minimum absolute atomic E-state index is 0.208. The Kier molecular flexibility index (Phi) is 12.2. The Morgan fingerprint density at radius 1 is 0.804 bits per heavy atom. The first-order valence-electron chi connectivity index (χ1n) is 16.0. The summed E-state index contributed by atoms with van der Waals surface area (Å²) in [5, 5.41) is 14.0. The molecule has 7 nitrogen and oxygen atoms in total. The van der Waals surface area contributed by atoms with E-state index in [-0.39, 0.29) is 23.6 Å². The second-order valence-electron chi connectivity index (χ2n) is 11.6. The highest BCUT2D eigenvalue weighted by Gasteiger charge is 2.41. The van der Waals surface area contributed by atoms with Crippen molar-refractivity contribution in [2.75, 3.05) is 6.54 Å². The molecule has 1 unspecified atom stereocenters. The number of unbranched alkanes of at least 4 members (excludes halogenated alkanes) is 9. The normalized spacial score (nSPS) is 13.5. The first-order valence-corrected chi connectivity index (χ1v) is 16.0. The lowest BCUT2D eigenvalue weighted by Gasteiger charge is -2.36. The van der Waals surface area contributed by atoms with E-state index in [9.17, 15) is 27.6 Å². The van der Waals surface area contributed by atoms with Gasteiger partial charge in [0.2, 0.25) is 0 Å². The summed E-state index contributed by atoms with van der Waals surface area (Å²) in [5.74, 6) is -4.39. The fourth-order valence-corrected chi connectivity index (χ4v) is 6.00. The third-order valence-corrected chi connectivity index (χ3v) is 8.27. The molecule has 4 rings (SSSR count). The van der Waals surface area contributed by atoms with Gasteiger partial charge < -0.3 is 20.5 Å². The number of alkyl halides is 3. The van der Waals surface area contributed by atoms with Gasteiger partial charge in [-0.15, -0.1) is 13.2 Å². The first kappa shape index (κ1) is 34.5. The molecule has 3 aromatic carbocycles. The van der Waals surface area contributed by atoms with Crippen molar-refractivity contribution in [2.24, 2.45) is 0 Å². The number of benzene rings is 3. The van der Waals surface area contributed by atoms with Crippen LogP contribution in [0.15, 0.2) is 60.7 Å². The number of hydrogen-bond donors (Lipinski definition) is 3. The van der Waals surface area contributed by atoms with Crippen molar-refractivity contribution in [3.63, 3.8) is 0 Å². The third-order valence-electron chi connectivity index (χ3n) is 8.27. The summed E-state index contributed by atoms with van der Waals surface area (Å²) in [6, 6.07) is 17.1. The van der Waals surface area contributed by atoms with Crippen LogP contribution in [0.5, 0.6) is 5.75 Å². The van der Waals surface area contributed by atoms with Crippen molar-refractivity contribution >= 4 is 17.8 Å². The third kappa shape index (κ3) is 9.11. The number of halogens is 3. The van der Waals surface area contributed by atoms with Gasteiger partial charge in [-0.05, 0) is 40.3 Å². The predicted octanol–water partition coefficient (Wildman–Crippen LogP) is 8.10. The van der Waals surface area contributed by atoms with Gasteiger partial charge in [-0.2, -0.15) is 0 Å². The number of fused-ring (bicyclic) bond motifs is 2. The summed E-state index contributed by atoms with van der Waals surface area (Å²) in [6.45, 7) is 2.41. The molecule has 10 heteroatoms. The smallest absolute Gasteiger partial charge is 0.474 e. The highest BCUT2D eigenvalue weighted by molar-refractivity contribution is 6.31. The van der Waals surface area contributed by atoms with E-state index in [1.807, 2.05) is 36.4 Å². The number of carboxylic acids is 1. The van der Waals surface area contributed by atoms with Crippen LogP contribution in [0.3, 0.4) is 0 Å². The molecule has 0 fully saturated rings. The number of carbonyl (C=O) groups is 3. The van der Waals surface area contributed by atoms with Crippen molar-refractivity contribution in [2.45, 2.75) is 90.0 Å². The maximum absolute atomic E-state index is 13.6. The Labute approximate surface area is 267 Å². The molecule has 1 aliphatic rings. The van der Waals surface area contributed by atoms with Crippen LogP contribution in [-0.2, 0) is 16.1 Å². The number of ether oxygens (including phenoxy) is 1. The number of hydrogen-bond acceptors (Lipinski definition) is 4. The van der Waals surface area contributed by atoms with E-state index in [1.54, 1.807) is 6.07 Å². The molecule has 0 aromatic heterocycles. The topological polar surface area (TPSA) is 105 Å². The molecular formula is C36H41F3N2O5. The molecule has 0 spiro atoms. The van der Waals surface area contributed by atoms with Crippen molar-refractivity contribution in [1.82, 2.24) is 10.6 Å². The lowest BCUT2D eigenvalue weighted by atomic mass is 9.67. The lowest BCUT2D eigenvalue weighted by Crippen LogP contribution is -2.33. The average molecular weight is 639 g/mol. The summed E-state index contributed by atoms with van der Waals surface area (Å²) >= 11 is 0. The van der Waals surface area contributed by atoms with Gasteiger partial charge in [0.15, 0.2) is 0 Å². The van der Waals surface area contributed by atoms with Gasteiger partial charge in [-0.1, -0.05) is 119 Å². The number of aliphatic carboxylic acids is 1. The minimum atomic E-state index is -5.01. The summed E-state index contributed by atoms with van der Waals surface area (Å²) in [7, 11) is 0. The molecule has 1 aliphatic carbocycles. The van der Waals surface area contributed by atoms with Crippen LogP contribution in [0.4, 0.5) is 13.2 Å². The molecule has 3 aromatic rings. The Morgan fingerprint density at radius 2 is 1.43 bits per heavy atom. The average Bonchev–Trinajstić information content (AvgIpc) is 3.02. The zero-order valence-corrected chi connectivity index (χ0v) is 26.1. The fraction of sp³-hybridized carbons (Fsp3) is 0.417. The Hall–Kier alpha value is -4.34. The molecule has 2 bridgehead atoms. The zero-order valence-electron chi connectivity index (χ0n) is 26.1. The van der Waals surface area contributed by atoms with Crippen LogP contribution in [-0.4, -0.2) is 35.8 Å². The van der Waals surface area contributed by atoms with Crippen LogP contribution in [0, 0.1) is 0 Å². The minimum Gasteiger partial charge on any atom is -0.474 e. The molecule has 246 valence electrons. The van der Waals surface area contributed by atoms with Crippen LogP contribution in [0.2, 0.25) is 0 Å². The Bertz CT molecular complexity index is 1510. The zero-order chi connectivity index (χ0) is 33.1. The lowest BCUT2D eigenvalue weighted by molar-refractivity contribution is -0.275. The molecule has 0 heterocycles. The fourth-order valence-electron chi connectivity index (χ4n) is 6.00. The highest BCUT2D eigenvalue weighted by Crippen LogP contribution is 2.53. The number of carbonyl (C=O) groups excluding carboxylic acids is 2. The molecule has 2 amide bonds. The first-order chi connectivity index (χ1) is 22.1. The van der Waals surface area contributed by atoms with E-state index in [4.69, 9.17) is 5.11 Å². The van der Waals surface area contributed by atoms with E-state index in [0.717, 1.165) is 36.5 Å². The Morgan fingerprint density at radius 3 is 2.07 bits per heavy atom. The van der Waals surface area contributed by atoms with Crippen LogP contribution >= 0.6 is 0 Å². The van der Waals surface area contributed by atoms with Crippen LogP contribution < -0.4 is 15.4 Å². The van der Waals surface area contributed by atoms with Crippen molar-refractivity contribution < 1.29 is 37.4 Å². The molecule has 46 heavy (non-hydrogen) atoms. The number of carboxylic acid groups (broad SMARTS) is 1. The van der Waals surface area contributed by atoms with E-state index < -0.39 is 29.9 Å². The van der Waals surface area contributed by atoms with Crippen molar-refractivity contribution in [1.29, 1.82) is 0 Å².